The molecule has 0 aliphatic carbocycles. The Hall–Kier alpha value is -0.870. The van der Waals surface area contributed by atoms with Crippen molar-refractivity contribution < 1.29 is 4.79 Å². The number of amides is 1. The van der Waals surface area contributed by atoms with E-state index in [1.54, 1.807) is 11.3 Å². The first kappa shape index (κ1) is 13.2. The average molecular weight is 240 g/mol. The van der Waals surface area contributed by atoms with Crippen LogP contribution < -0.4 is 11.1 Å². The van der Waals surface area contributed by atoms with Crippen molar-refractivity contribution in [2.45, 2.75) is 45.7 Å². The van der Waals surface area contributed by atoms with Gasteiger partial charge in [-0.15, -0.1) is 11.3 Å². The second-order valence-electron chi connectivity index (χ2n) is 4.14. The Morgan fingerprint density at radius 2 is 2.25 bits per heavy atom. The summed E-state index contributed by atoms with van der Waals surface area (Å²) in [5.41, 5.74) is 5.65. The van der Waals surface area contributed by atoms with E-state index in [-0.39, 0.29) is 18.0 Å². The summed E-state index contributed by atoms with van der Waals surface area (Å²) < 4.78 is 0. The number of hydrogen-bond donors (Lipinski definition) is 2. The van der Waals surface area contributed by atoms with E-state index in [0.29, 0.717) is 6.42 Å². The Morgan fingerprint density at radius 1 is 1.56 bits per heavy atom. The van der Waals surface area contributed by atoms with Crippen LogP contribution in [0.4, 0.5) is 0 Å². The fourth-order valence-corrected chi connectivity index (χ4v) is 2.50. The monoisotopic (exact) mass is 240 g/mol. The number of nitrogens with two attached hydrogens (primary N) is 1. The molecule has 3 N–H and O–H groups in total. The summed E-state index contributed by atoms with van der Waals surface area (Å²) in [4.78, 5) is 14.2. The number of hydrogen-bond acceptors (Lipinski definition) is 3. The van der Waals surface area contributed by atoms with E-state index < -0.39 is 0 Å². The molecular weight excluding hydrogens is 220 g/mol. The number of carbonyl (C=O) groups is 1. The molecule has 2 atom stereocenters. The molecule has 0 spiro atoms. The van der Waals surface area contributed by atoms with Gasteiger partial charge in [-0.1, -0.05) is 6.92 Å². The molecule has 1 unspecified atom stereocenters. The Morgan fingerprint density at radius 3 is 2.75 bits per heavy atom. The summed E-state index contributed by atoms with van der Waals surface area (Å²) >= 11 is 1.77. The predicted octanol–water partition coefficient (Wildman–Crippen LogP) is 1.84. The van der Waals surface area contributed by atoms with Gasteiger partial charge in [0.15, 0.2) is 0 Å². The molecule has 0 aliphatic rings. The van der Waals surface area contributed by atoms with Crippen molar-refractivity contribution >= 4 is 17.2 Å². The molecule has 1 amide bonds. The number of carbonyl (C=O) groups excluding carboxylic acids is 1. The van der Waals surface area contributed by atoms with E-state index in [9.17, 15) is 4.79 Å². The molecule has 0 aliphatic heterocycles. The van der Waals surface area contributed by atoms with E-state index in [0.717, 1.165) is 6.42 Å². The zero-order chi connectivity index (χ0) is 12.1. The van der Waals surface area contributed by atoms with Gasteiger partial charge in [0.2, 0.25) is 5.91 Å². The molecule has 1 aromatic rings. The number of nitrogens with one attached hydrogen (secondary N) is 1. The molecule has 0 fully saturated rings. The van der Waals surface area contributed by atoms with E-state index >= 15 is 0 Å². The Balaban J connectivity index is 2.41. The van der Waals surface area contributed by atoms with Crippen LogP contribution in [0.25, 0.3) is 0 Å². The van der Waals surface area contributed by atoms with Gasteiger partial charge in [-0.3, -0.25) is 4.79 Å². The highest BCUT2D eigenvalue weighted by Crippen LogP contribution is 2.16. The van der Waals surface area contributed by atoms with Crippen LogP contribution in [-0.2, 0) is 11.2 Å². The van der Waals surface area contributed by atoms with Crippen LogP contribution in [0.15, 0.2) is 12.1 Å². The fourth-order valence-electron chi connectivity index (χ4n) is 1.48. The first-order valence-electron chi connectivity index (χ1n) is 5.64. The lowest BCUT2D eigenvalue weighted by Crippen LogP contribution is -2.44. The van der Waals surface area contributed by atoms with Crippen LogP contribution in [0.1, 0.15) is 30.0 Å². The summed E-state index contributed by atoms with van der Waals surface area (Å²) in [5.74, 6) is -0.0525. The molecule has 4 heteroatoms. The molecular formula is C12H20N2OS. The van der Waals surface area contributed by atoms with Crippen molar-refractivity contribution in [3.05, 3.63) is 21.9 Å². The van der Waals surface area contributed by atoms with E-state index in [1.807, 2.05) is 13.8 Å². The van der Waals surface area contributed by atoms with E-state index in [1.165, 1.54) is 9.75 Å². The molecule has 0 saturated carbocycles. The standard InChI is InChI=1S/C12H20N2OS/c1-4-11(13)12(15)14-8(2)7-10-6-5-9(3)16-10/h5-6,8,11H,4,7,13H2,1-3H3,(H,14,15)/t8?,11-/m0/s1. The number of thiophene rings is 1. The summed E-state index contributed by atoms with van der Waals surface area (Å²) in [6.45, 7) is 6.01. The van der Waals surface area contributed by atoms with Gasteiger partial charge in [-0.25, -0.2) is 0 Å². The van der Waals surface area contributed by atoms with Crippen LogP contribution in [0, 0.1) is 6.92 Å². The van der Waals surface area contributed by atoms with Crippen molar-refractivity contribution in [3.8, 4) is 0 Å². The third-order valence-electron chi connectivity index (χ3n) is 2.47. The lowest BCUT2D eigenvalue weighted by Gasteiger charge is -2.15. The fraction of sp³-hybridized carbons (Fsp3) is 0.583. The van der Waals surface area contributed by atoms with Crippen molar-refractivity contribution in [2.75, 3.05) is 0 Å². The minimum atomic E-state index is -0.382. The van der Waals surface area contributed by atoms with Crippen LogP contribution in [0.3, 0.4) is 0 Å². The quantitative estimate of drug-likeness (QED) is 0.825. The van der Waals surface area contributed by atoms with Crippen molar-refractivity contribution in [1.82, 2.24) is 5.32 Å². The van der Waals surface area contributed by atoms with E-state index in [4.69, 9.17) is 5.73 Å². The highest BCUT2D eigenvalue weighted by atomic mass is 32.1. The highest BCUT2D eigenvalue weighted by molar-refractivity contribution is 7.11. The van der Waals surface area contributed by atoms with Crippen molar-refractivity contribution in [3.63, 3.8) is 0 Å². The summed E-state index contributed by atoms with van der Waals surface area (Å²) in [7, 11) is 0. The molecule has 3 nitrogen and oxygen atoms in total. The highest BCUT2D eigenvalue weighted by Gasteiger charge is 2.14. The van der Waals surface area contributed by atoms with Gasteiger partial charge in [-0.05, 0) is 32.4 Å². The normalized spacial score (nSPS) is 14.5. The summed E-state index contributed by atoms with van der Waals surface area (Å²) in [6.07, 6.45) is 1.55. The molecule has 16 heavy (non-hydrogen) atoms. The minimum Gasteiger partial charge on any atom is -0.352 e. The van der Waals surface area contributed by atoms with Crippen LogP contribution in [0.5, 0.6) is 0 Å². The average Bonchev–Trinajstić information content (AvgIpc) is 2.62. The van der Waals surface area contributed by atoms with Crippen LogP contribution >= 0.6 is 11.3 Å². The molecule has 0 bridgehead atoms. The molecule has 0 radical (unpaired) electrons. The lowest BCUT2D eigenvalue weighted by atomic mass is 10.1. The predicted molar refractivity (Wildman–Crippen MR) is 68.6 cm³/mol. The molecule has 1 rings (SSSR count). The maximum Gasteiger partial charge on any atom is 0.237 e. The molecule has 0 saturated heterocycles. The van der Waals surface area contributed by atoms with Gasteiger partial charge in [-0.2, -0.15) is 0 Å². The van der Waals surface area contributed by atoms with Gasteiger partial charge in [0, 0.05) is 22.2 Å². The topological polar surface area (TPSA) is 55.1 Å². The van der Waals surface area contributed by atoms with Crippen molar-refractivity contribution in [1.29, 1.82) is 0 Å². The second-order valence-corrected chi connectivity index (χ2v) is 5.51. The summed E-state index contributed by atoms with van der Waals surface area (Å²) in [6, 6.07) is 3.98. The third kappa shape index (κ3) is 3.94. The van der Waals surface area contributed by atoms with E-state index in [2.05, 4.69) is 24.4 Å². The van der Waals surface area contributed by atoms with Crippen LogP contribution in [0.2, 0.25) is 0 Å². The lowest BCUT2D eigenvalue weighted by molar-refractivity contribution is -0.123. The maximum absolute atomic E-state index is 11.5. The van der Waals surface area contributed by atoms with Gasteiger partial charge in [0.25, 0.3) is 0 Å². The molecule has 90 valence electrons. The molecule has 1 aromatic heterocycles. The molecule has 1 heterocycles. The minimum absolute atomic E-state index is 0.0525. The Labute approximate surface area is 101 Å². The van der Waals surface area contributed by atoms with Gasteiger partial charge in [0.05, 0.1) is 6.04 Å². The largest absolute Gasteiger partial charge is 0.352 e. The Kier molecular flexibility index (Phi) is 4.96. The SMILES string of the molecule is CC[C@H](N)C(=O)NC(C)Cc1ccc(C)s1. The number of rotatable bonds is 5. The van der Waals surface area contributed by atoms with Gasteiger partial charge in [0.1, 0.15) is 0 Å². The van der Waals surface area contributed by atoms with Gasteiger partial charge < -0.3 is 11.1 Å². The van der Waals surface area contributed by atoms with Gasteiger partial charge >= 0.3 is 0 Å². The maximum atomic E-state index is 11.5. The van der Waals surface area contributed by atoms with Crippen LogP contribution in [-0.4, -0.2) is 18.0 Å². The zero-order valence-corrected chi connectivity index (χ0v) is 10.9. The first-order chi connectivity index (χ1) is 7.52. The third-order valence-corrected chi connectivity index (χ3v) is 3.49. The molecule has 0 aromatic carbocycles. The Bertz CT molecular complexity index is 349. The first-order valence-corrected chi connectivity index (χ1v) is 6.45. The number of aryl methyl sites for hydroxylation is 1. The zero-order valence-electron chi connectivity index (χ0n) is 10.1. The smallest absolute Gasteiger partial charge is 0.237 e. The van der Waals surface area contributed by atoms with Crippen molar-refractivity contribution in [2.24, 2.45) is 5.73 Å². The second kappa shape index (κ2) is 6.01. The summed E-state index contributed by atoms with van der Waals surface area (Å²) in [5, 5.41) is 2.93.